The van der Waals surface area contributed by atoms with Gasteiger partial charge >= 0.3 is 0 Å². The predicted octanol–water partition coefficient (Wildman–Crippen LogP) is -1.50. The number of anilines is 1. The number of aliphatic imine (C=N–C) groups is 1. The van der Waals surface area contributed by atoms with Crippen LogP contribution in [0.15, 0.2) is 87.3 Å². The first-order chi connectivity index (χ1) is 59.8. The average Bonchev–Trinajstić information content (AvgIpc) is 1.59. The van der Waals surface area contributed by atoms with Crippen LogP contribution in [-0.4, -0.2) is 240 Å². The Kier molecular flexibility index (Phi) is 45.2. The lowest BCUT2D eigenvalue weighted by Gasteiger charge is -2.28. The van der Waals surface area contributed by atoms with E-state index < -0.39 is 156 Å². The number of imide groups is 1. The second-order valence-electron chi connectivity index (χ2n) is 31.6. The lowest BCUT2D eigenvalue weighted by molar-refractivity contribution is -0.138. The number of amides is 10. The molecule has 0 saturated carbocycles. The zero-order valence-electron chi connectivity index (χ0n) is 73.1. The van der Waals surface area contributed by atoms with Crippen LogP contribution in [0.25, 0.3) is 0 Å². The quantitative estimate of drug-likeness (QED) is 0.00682. The highest BCUT2D eigenvalue weighted by atomic mass is 32.2. The second-order valence-corrected chi connectivity index (χ2v) is 35.2. The number of aryl methyl sites for hydroxylation is 1. The number of carbonyl (C=O) groups excluding carboxylic acids is 10. The van der Waals surface area contributed by atoms with Crippen LogP contribution in [0.1, 0.15) is 167 Å². The number of hydrogen-bond acceptors (Lipinski definition) is 22. The van der Waals surface area contributed by atoms with E-state index in [-0.39, 0.29) is 156 Å². The van der Waals surface area contributed by atoms with Crippen molar-refractivity contribution >= 4 is 139 Å². The Morgan fingerprint density at radius 3 is 1.43 bits per heavy atom. The molecule has 127 heavy (non-hydrogen) atoms. The van der Waals surface area contributed by atoms with Crippen LogP contribution in [0.4, 0.5) is 5.69 Å². The average molecular weight is 1840 g/mol. The Balaban J connectivity index is 1.48. The number of guanidine groups is 6. The van der Waals surface area contributed by atoms with Gasteiger partial charge in [-0.1, -0.05) is 65.3 Å². The number of allylic oxidation sites excluding steroid dienone is 6. The molecule has 2 aliphatic rings. The maximum Gasteiger partial charge on any atom is 0.294 e. The topological polar surface area (TPSA) is 763 Å². The first-order valence-corrected chi connectivity index (χ1v) is 45.4. The van der Waals surface area contributed by atoms with Gasteiger partial charge in [0.15, 0.2) is 46.8 Å². The Hall–Kier alpha value is -12.0. The minimum atomic E-state index is -4.55. The maximum atomic E-state index is 14.8. The zero-order valence-corrected chi connectivity index (χ0v) is 75.5. The number of carbonyl (C=O) groups is 10. The van der Waals surface area contributed by atoms with Crippen molar-refractivity contribution in [3.05, 3.63) is 89.2 Å². The van der Waals surface area contributed by atoms with Gasteiger partial charge in [0, 0.05) is 118 Å². The molecule has 2 unspecified atom stereocenters. The van der Waals surface area contributed by atoms with E-state index in [1.54, 1.807) is 31.2 Å². The van der Waals surface area contributed by atoms with Crippen LogP contribution >= 0.6 is 11.8 Å². The molecule has 44 nitrogen and oxygen atoms in total. The van der Waals surface area contributed by atoms with Crippen LogP contribution in [0, 0.1) is 45.3 Å². The van der Waals surface area contributed by atoms with Crippen LogP contribution in [0.3, 0.4) is 0 Å². The highest BCUT2D eigenvalue weighted by Crippen LogP contribution is 2.49. The number of likely N-dealkylation sites (tertiary alicyclic amines) is 1. The molecule has 0 aliphatic carbocycles. The SMILES string of the molecule is CCN=C(/C=C/C=C/C=C1/N(CCCCCC(=O)NCCN2C(=O)CC(SC[C@@H](NC(=O)[C@@H](CCCNC(=N)N)NC(=O)[C@@H](CCCNC(=N)N)NC(=O)[C@@H](CCCNC(=N)N)NC(=O)[C@@H](CCCNC(=N)N)NC(=O)[C@@H](CCCNC(=N)N)NC(=O)[C@H](C)CCCNC(=N)N)C(N)=O)C2=O)c2ccc(S(=O)(=O)O)cc2C1(C)C)C(C)(C)c1cc(S(=O)O)ccc1C. The number of benzene rings is 2. The third-order valence-electron chi connectivity index (χ3n) is 20.9. The molecule has 1 fully saturated rings. The highest BCUT2D eigenvalue weighted by molar-refractivity contribution is 8.00. The molecule has 9 atom stereocenters. The Labute approximate surface area is 747 Å². The molecule has 35 N–H and O–H groups in total. The Morgan fingerprint density at radius 2 is 1.01 bits per heavy atom. The fraction of sp³-hybridized carbons (Fsp3) is 0.562. The highest BCUT2D eigenvalue weighted by Gasteiger charge is 2.43. The van der Waals surface area contributed by atoms with E-state index in [0.29, 0.717) is 57.3 Å². The summed E-state index contributed by atoms with van der Waals surface area (Å²) in [6.07, 6.45) is 11.2. The third kappa shape index (κ3) is 37.2. The number of nitrogens with one attached hydrogen (secondary N) is 19. The van der Waals surface area contributed by atoms with Gasteiger partial charge in [0.05, 0.1) is 15.0 Å². The van der Waals surface area contributed by atoms with Crippen molar-refractivity contribution < 1.29 is 69.7 Å². The normalized spacial score (nSPS) is 16.0. The lowest BCUT2D eigenvalue weighted by Crippen LogP contribution is -2.60. The minimum Gasteiger partial charge on any atom is -0.370 e. The molecule has 0 radical (unpaired) electrons. The predicted molar refractivity (Wildman–Crippen MR) is 488 cm³/mol. The van der Waals surface area contributed by atoms with Crippen LogP contribution < -0.4 is 114 Å². The van der Waals surface area contributed by atoms with Crippen LogP contribution in [0.2, 0.25) is 0 Å². The van der Waals surface area contributed by atoms with Crippen LogP contribution in [-0.2, 0) is 80.0 Å². The summed E-state index contributed by atoms with van der Waals surface area (Å²) in [7, 11) is -4.55. The van der Waals surface area contributed by atoms with Crippen molar-refractivity contribution in [3.63, 3.8) is 0 Å². The van der Waals surface area contributed by atoms with E-state index in [1.807, 2.05) is 71.9 Å². The number of primary amides is 1. The molecule has 10 amide bonds. The van der Waals surface area contributed by atoms with E-state index in [1.165, 1.54) is 12.1 Å². The van der Waals surface area contributed by atoms with Gasteiger partial charge in [-0.15, -0.1) is 11.8 Å². The molecule has 2 heterocycles. The van der Waals surface area contributed by atoms with E-state index >= 15 is 0 Å². The molecule has 4 rings (SSSR count). The van der Waals surface area contributed by atoms with Gasteiger partial charge in [0.2, 0.25) is 59.1 Å². The van der Waals surface area contributed by atoms with Gasteiger partial charge in [0.1, 0.15) is 36.3 Å². The van der Waals surface area contributed by atoms with Gasteiger partial charge in [-0.2, -0.15) is 8.42 Å². The molecule has 0 spiro atoms. The van der Waals surface area contributed by atoms with Crippen molar-refractivity contribution in [2.45, 2.75) is 220 Å². The summed E-state index contributed by atoms with van der Waals surface area (Å²) in [5, 5.41) is 79.1. The number of nitrogens with zero attached hydrogens (tertiary/aromatic N) is 3. The molecule has 2 aliphatic heterocycles. The van der Waals surface area contributed by atoms with E-state index in [2.05, 4.69) is 74.0 Å². The molecule has 2 aromatic rings. The van der Waals surface area contributed by atoms with Gasteiger partial charge in [0.25, 0.3) is 10.1 Å². The summed E-state index contributed by atoms with van der Waals surface area (Å²) in [5.41, 5.74) is 42.3. The van der Waals surface area contributed by atoms with E-state index in [0.717, 1.165) is 44.9 Å². The summed E-state index contributed by atoms with van der Waals surface area (Å²) in [6.45, 7) is 14.5. The number of thioether (sulfide) groups is 1. The fourth-order valence-electron chi connectivity index (χ4n) is 14.0. The Bertz CT molecular complexity index is 4510. The van der Waals surface area contributed by atoms with Crippen molar-refractivity contribution in [1.82, 2.24) is 74.0 Å². The maximum absolute atomic E-state index is 14.8. The molecule has 0 bridgehead atoms. The lowest BCUT2D eigenvalue weighted by atomic mass is 9.77. The monoisotopic (exact) mass is 1830 g/mol. The Morgan fingerprint density at radius 1 is 0.575 bits per heavy atom. The van der Waals surface area contributed by atoms with Gasteiger partial charge in [-0.25, -0.2) is 4.21 Å². The molecular weight excluding hydrogens is 1700 g/mol. The van der Waals surface area contributed by atoms with Crippen LogP contribution in [0.5, 0.6) is 0 Å². The third-order valence-corrected chi connectivity index (χ3v) is 23.7. The van der Waals surface area contributed by atoms with Gasteiger partial charge in [-0.05, 0) is 163 Å². The number of fused-ring (bicyclic) bond motifs is 1. The van der Waals surface area contributed by atoms with Gasteiger partial charge < -0.3 is 119 Å². The standard InChI is InChI=1S/C80H131N29O15S3/c1-8-94-61(79(4,5)51-43-49(126(120)121)31-30-47(51)2)27-11-9-12-28-62-80(6,7)52-44-50(127(122,123)124)32-33-59(52)108(62)41-14-10-13-29-63(110)95-40-42-109-64(111)45-60(72(109)119)125-46-58(65(81)112)107-71(118)57(26-20-39-101-78(92)93)106-70(117)56(25-19-38-100-77(90)91)105-69(116)55(24-18-37-99-76(88)89)104-68(115)54(23-17-36-98-75(86)87)103-67(114)53(22-16-35-97-74(84)85)102-66(113)48(3)21-15-34-96-73(82)83/h9,11-12,27-28,30-33,43-44,48,53-58,60H,8,10,13-26,29,34-42,45-46H2,1-7H3,(H2,81,112)(H,95,110)(H,102,113)(H,103,114)(H,104,115)(H,105,116)(H,106,117)(H,107,118)(H,120,121)(H4,82,83,96)(H4,84,85,97)(H4,86,87,98)(H4,88,89,99)(H4,90,91,100)(H4,92,93,101)(H,122,123,124)/b12-9+,27-11+,62-28+,94-61?/t48-,53-,54-,55-,56-,57-,58-,60?/m1/s1. The number of hydrogen-bond donors (Lipinski definition) is 28. The molecular formula is C80H131N29O15S3. The molecule has 1 saturated heterocycles. The summed E-state index contributed by atoms with van der Waals surface area (Å²) in [5.74, 6) is -11.1. The number of unbranched alkanes of at least 4 members (excludes halogenated alkanes) is 2. The van der Waals surface area contributed by atoms with Crippen molar-refractivity contribution in [1.29, 1.82) is 32.5 Å². The van der Waals surface area contributed by atoms with Gasteiger partial charge in [-0.3, -0.25) is 94.8 Å². The summed E-state index contributed by atoms with van der Waals surface area (Å²) in [4.78, 5) is 148. The second kappa shape index (κ2) is 53.5. The fourth-order valence-corrected chi connectivity index (χ4v) is 16.2. The van der Waals surface area contributed by atoms with E-state index in [9.17, 15) is 69.7 Å². The minimum absolute atomic E-state index is 0.00249. The molecule has 2 aromatic carbocycles. The summed E-state index contributed by atoms with van der Waals surface area (Å²) in [6, 6.07) is 0.733. The smallest absolute Gasteiger partial charge is 0.294 e. The number of nitrogens with two attached hydrogens (primary N) is 7. The molecule has 47 heteroatoms. The molecule has 0 aromatic heterocycles. The van der Waals surface area contributed by atoms with Crippen molar-refractivity contribution in [2.24, 2.45) is 51.0 Å². The number of rotatable bonds is 57. The largest absolute Gasteiger partial charge is 0.370 e. The summed E-state index contributed by atoms with van der Waals surface area (Å²) < 4.78 is 56.6. The van der Waals surface area contributed by atoms with E-state index in [4.69, 9.17) is 77.6 Å². The zero-order chi connectivity index (χ0) is 94.9. The van der Waals surface area contributed by atoms with Crippen molar-refractivity contribution in [2.75, 3.05) is 76.1 Å². The first-order valence-electron chi connectivity index (χ1n) is 41.8. The summed E-state index contributed by atoms with van der Waals surface area (Å²) >= 11 is -1.33. The molecule has 704 valence electrons. The first kappa shape index (κ1) is 107. The van der Waals surface area contributed by atoms with Crippen molar-refractivity contribution in [3.8, 4) is 0 Å².